The first-order valence-corrected chi connectivity index (χ1v) is 12.1. The van der Waals surface area contributed by atoms with Crippen molar-refractivity contribution >= 4 is 67.8 Å². The zero-order chi connectivity index (χ0) is 24.6. The quantitative estimate of drug-likeness (QED) is 0.341. The topological polar surface area (TPSA) is 98.3 Å². The fourth-order valence-electron chi connectivity index (χ4n) is 3.86. The number of carbonyl (C=O) groups is 1. The summed E-state index contributed by atoms with van der Waals surface area (Å²) in [6, 6.07) is 5.43. The van der Waals surface area contributed by atoms with Crippen LogP contribution in [0.1, 0.15) is 13.8 Å². The van der Waals surface area contributed by atoms with Crippen LogP contribution in [0.5, 0.6) is 0 Å². The number of halogens is 2. The Morgan fingerprint density at radius 3 is 2.51 bits per heavy atom. The van der Waals surface area contributed by atoms with Gasteiger partial charge in [-0.1, -0.05) is 36.8 Å². The van der Waals surface area contributed by atoms with Crippen LogP contribution in [0.25, 0.3) is 21.4 Å². The number of hydrogen-bond acceptors (Lipinski definition) is 7. The highest BCUT2D eigenvalue weighted by molar-refractivity contribution is 7.22. The molecule has 3 aromatic heterocycles. The molecular weight excluding hydrogens is 513 g/mol. The fourth-order valence-corrected chi connectivity index (χ4v) is 5.14. The summed E-state index contributed by atoms with van der Waals surface area (Å²) in [5.41, 5.74) is 0.251. The Bertz CT molecular complexity index is 1490. The van der Waals surface area contributed by atoms with E-state index in [1.165, 1.54) is 33.8 Å². The second kappa shape index (κ2) is 10.9. The van der Waals surface area contributed by atoms with Crippen LogP contribution in [0.2, 0.25) is 5.02 Å². The molecule has 4 rings (SSSR count). The monoisotopic (exact) mass is 539 g/mol. The van der Waals surface area contributed by atoms with Crippen molar-refractivity contribution in [2.24, 2.45) is 14.1 Å². The summed E-state index contributed by atoms with van der Waals surface area (Å²) in [5.74, 6) is -0.229. The summed E-state index contributed by atoms with van der Waals surface area (Å²) in [6.45, 7) is 6.89. The number of aryl methyl sites for hydroxylation is 1. The number of likely N-dealkylation sites (N-methyl/N-ethyl adjacent to an activating group) is 1. The Morgan fingerprint density at radius 1 is 1.11 bits per heavy atom. The zero-order valence-electron chi connectivity index (χ0n) is 19.9. The maximum absolute atomic E-state index is 13.6. The summed E-state index contributed by atoms with van der Waals surface area (Å²) in [7, 11) is 2.96. The average molecular weight is 540 g/mol. The maximum atomic E-state index is 13.6. The highest BCUT2D eigenvalue weighted by Crippen LogP contribution is 2.31. The molecule has 0 aliphatic carbocycles. The van der Waals surface area contributed by atoms with Crippen LogP contribution in [-0.4, -0.2) is 60.7 Å². The third-order valence-electron chi connectivity index (χ3n) is 5.93. The minimum Gasteiger partial charge on any atom is -0.315 e. The van der Waals surface area contributed by atoms with Gasteiger partial charge in [-0.15, -0.1) is 12.4 Å². The first kappa shape index (κ1) is 26.9. The van der Waals surface area contributed by atoms with Gasteiger partial charge in [0.15, 0.2) is 16.3 Å². The molecule has 10 nitrogen and oxygen atoms in total. The molecule has 0 radical (unpaired) electrons. The lowest BCUT2D eigenvalue weighted by atomic mass is 10.3. The molecule has 0 unspecified atom stereocenters. The van der Waals surface area contributed by atoms with Crippen LogP contribution in [0, 0.1) is 0 Å². The number of thiazole rings is 1. The Hall–Kier alpha value is -2.73. The fraction of sp³-hybridized carbons (Fsp3) is 0.409. The van der Waals surface area contributed by atoms with Crippen LogP contribution in [-0.2, 0) is 25.4 Å². The van der Waals surface area contributed by atoms with E-state index in [1.54, 1.807) is 18.0 Å². The summed E-state index contributed by atoms with van der Waals surface area (Å²) >= 11 is 7.53. The lowest BCUT2D eigenvalue weighted by molar-refractivity contribution is -0.119. The van der Waals surface area contributed by atoms with Gasteiger partial charge in [0.25, 0.3) is 5.56 Å². The van der Waals surface area contributed by atoms with Crippen molar-refractivity contribution in [1.82, 2.24) is 28.6 Å². The van der Waals surface area contributed by atoms with Crippen molar-refractivity contribution in [3.8, 4) is 0 Å². The second-order valence-electron chi connectivity index (χ2n) is 7.93. The third kappa shape index (κ3) is 5.13. The van der Waals surface area contributed by atoms with Crippen LogP contribution in [0.3, 0.4) is 0 Å². The van der Waals surface area contributed by atoms with Gasteiger partial charge in [-0.2, -0.15) is 0 Å². The maximum Gasteiger partial charge on any atom is 0.332 e. The van der Waals surface area contributed by atoms with E-state index in [9.17, 15) is 14.4 Å². The van der Waals surface area contributed by atoms with E-state index in [0.29, 0.717) is 23.2 Å². The summed E-state index contributed by atoms with van der Waals surface area (Å²) in [4.78, 5) is 51.3. The molecule has 0 saturated heterocycles. The molecule has 0 aliphatic rings. The Labute approximate surface area is 216 Å². The van der Waals surface area contributed by atoms with E-state index in [0.717, 1.165) is 27.9 Å². The molecule has 0 atom stereocenters. The highest BCUT2D eigenvalue weighted by atomic mass is 35.5. The highest BCUT2D eigenvalue weighted by Gasteiger charge is 2.23. The van der Waals surface area contributed by atoms with Crippen molar-refractivity contribution in [1.29, 1.82) is 0 Å². The number of fused-ring (bicyclic) bond motifs is 2. The molecule has 1 amide bonds. The number of nitrogens with zero attached hydrogens (tertiary/aromatic N) is 7. The van der Waals surface area contributed by atoms with E-state index in [1.807, 2.05) is 12.1 Å². The second-order valence-corrected chi connectivity index (χ2v) is 9.38. The van der Waals surface area contributed by atoms with Gasteiger partial charge in [-0.25, -0.2) is 14.8 Å². The molecule has 0 N–H and O–H groups in total. The number of rotatable bonds is 8. The number of imidazole rings is 1. The van der Waals surface area contributed by atoms with E-state index in [2.05, 4.69) is 28.7 Å². The molecule has 0 spiro atoms. The molecule has 1 aromatic carbocycles. The van der Waals surface area contributed by atoms with Crippen molar-refractivity contribution in [2.45, 2.75) is 20.4 Å². The Morgan fingerprint density at radius 2 is 1.83 bits per heavy atom. The van der Waals surface area contributed by atoms with Crippen LogP contribution >= 0.6 is 35.3 Å². The lowest BCUT2D eigenvalue weighted by Crippen LogP contribution is -2.41. The van der Waals surface area contributed by atoms with Crippen LogP contribution < -0.4 is 16.1 Å². The van der Waals surface area contributed by atoms with Gasteiger partial charge in [0.2, 0.25) is 5.91 Å². The Balaban J connectivity index is 0.00000342. The molecule has 0 saturated carbocycles. The number of hydrogen-bond donors (Lipinski definition) is 0. The van der Waals surface area contributed by atoms with Crippen LogP contribution in [0.4, 0.5) is 5.13 Å². The molecule has 0 fully saturated rings. The average Bonchev–Trinajstić information content (AvgIpc) is 3.43. The molecule has 188 valence electrons. The van der Waals surface area contributed by atoms with Crippen molar-refractivity contribution in [2.75, 3.05) is 31.1 Å². The van der Waals surface area contributed by atoms with E-state index in [-0.39, 0.29) is 36.0 Å². The predicted octanol–water partition coefficient (Wildman–Crippen LogP) is 2.49. The molecule has 0 bridgehead atoms. The molecule has 35 heavy (non-hydrogen) atoms. The van der Waals surface area contributed by atoms with Crippen molar-refractivity contribution in [3.05, 3.63) is 50.4 Å². The van der Waals surface area contributed by atoms with Gasteiger partial charge in [0.05, 0.1) is 16.5 Å². The Kier molecular flexibility index (Phi) is 8.37. The summed E-state index contributed by atoms with van der Waals surface area (Å²) in [5, 5.41) is 1.18. The van der Waals surface area contributed by atoms with Crippen molar-refractivity contribution < 1.29 is 4.79 Å². The zero-order valence-corrected chi connectivity index (χ0v) is 22.3. The third-order valence-corrected chi connectivity index (χ3v) is 7.20. The lowest BCUT2D eigenvalue weighted by Gasteiger charge is -2.25. The number of aromatic nitrogens is 5. The molecule has 13 heteroatoms. The van der Waals surface area contributed by atoms with Crippen LogP contribution in [0.15, 0.2) is 34.1 Å². The SMILES string of the molecule is CCN(CC)CCN(C(=O)Cn1cnc2c1c(=O)n(C)c(=O)n2C)c1nc2ccc(Cl)cc2s1.Cl. The van der Waals surface area contributed by atoms with Gasteiger partial charge < -0.3 is 9.47 Å². The molecular formula is C22H27Cl2N7O3S. The number of amides is 1. The van der Waals surface area contributed by atoms with Gasteiger partial charge in [-0.05, 0) is 31.3 Å². The normalized spacial score (nSPS) is 11.4. The predicted molar refractivity (Wildman–Crippen MR) is 142 cm³/mol. The number of benzene rings is 1. The smallest absolute Gasteiger partial charge is 0.315 e. The number of anilines is 1. The van der Waals surface area contributed by atoms with Gasteiger partial charge in [-0.3, -0.25) is 23.6 Å². The van der Waals surface area contributed by atoms with Gasteiger partial charge >= 0.3 is 5.69 Å². The van der Waals surface area contributed by atoms with E-state index >= 15 is 0 Å². The van der Waals surface area contributed by atoms with Gasteiger partial charge in [0, 0.05) is 32.2 Å². The largest absolute Gasteiger partial charge is 0.332 e. The summed E-state index contributed by atoms with van der Waals surface area (Å²) in [6.07, 6.45) is 1.42. The first-order chi connectivity index (χ1) is 16.2. The minimum absolute atomic E-state index is 0. The molecule has 3 heterocycles. The van der Waals surface area contributed by atoms with Crippen molar-refractivity contribution in [3.63, 3.8) is 0 Å². The first-order valence-electron chi connectivity index (χ1n) is 10.9. The van der Waals surface area contributed by atoms with E-state index < -0.39 is 11.2 Å². The van der Waals surface area contributed by atoms with E-state index in [4.69, 9.17) is 11.6 Å². The van der Waals surface area contributed by atoms with Gasteiger partial charge in [0.1, 0.15) is 6.54 Å². The summed E-state index contributed by atoms with van der Waals surface area (Å²) < 4.78 is 4.70. The minimum atomic E-state index is -0.493. The molecule has 0 aliphatic heterocycles. The molecule has 4 aromatic rings. The number of carbonyl (C=O) groups excluding carboxylic acids is 1. The standard InChI is InChI=1S/C22H26ClN7O3S.ClH/c1-5-28(6-2)9-10-30(21-25-15-8-7-14(23)11-16(15)34-21)17(31)12-29-13-24-19-18(29)20(32)27(4)22(33)26(19)3;/h7-8,11,13H,5-6,9-10,12H2,1-4H3;1H.